The van der Waals surface area contributed by atoms with Gasteiger partial charge in [0.25, 0.3) is 0 Å². The van der Waals surface area contributed by atoms with E-state index in [1.807, 2.05) is 39.0 Å². The van der Waals surface area contributed by atoms with Gasteiger partial charge in [0.2, 0.25) is 0 Å². The summed E-state index contributed by atoms with van der Waals surface area (Å²) in [5.41, 5.74) is 0.754. The van der Waals surface area contributed by atoms with E-state index in [0.29, 0.717) is 36.0 Å². The summed E-state index contributed by atoms with van der Waals surface area (Å²) in [4.78, 5) is 16.4. The van der Waals surface area contributed by atoms with Crippen molar-refractivity contribution in [3.8, 4) is 0 Å². The zero-order chi connectivity index (χ0) is 21.2. The molecule has 0 aromatic heterocycles. The number of rotatable bonds is 4. The molecule has 2 bridgehead atoms. The van der Waals surface area contributed by atoms with Crippen molar-refractivity contribution in [3.05, 3.63) is 29.6 Å². The van der Waals surface area contributed by atoms with Crippen LogP contribution in [0, 0.1) is 5.82 Å². The van der Waals surface area contributed by atoms with Gasteiger partial charge in [0.1, 0.15) is 5.60 Å². The van der Waals surface area contributed by atoms with E-state index in [4.69, 9.17) is 9.16 Å². The van der Waals surface area contributed by atoms with E-state index in [1.54, 1.807) is 4.90 Å². The highest BCUT2D eigenvalue weighted by atomic mass is 28.4. The fraction of sp³-hybridized carbons (Fsp3) is 0.682. The highest BCUT2D eigenvalue weighted by molar-refractivity contribution is 6.86. The first kappa shape index (κ1) is 20.7. The van der Waals surface area contributed by atoms with Crippen LogP contribution >= 0.6 is 0 Å². The van der Waals surface area contributed by atoms with E-state index in [1.165, 1.54) is 0 Å². The van der Waals surface area contributed by atoms with Gasteiger partial charge in [-0.1, -0.05) is 26.0 Å². The molecule has 160 valence electrons. The molecule has 1 aromatic carbocycles. The number of ether oxygens (including phenoxy) is 1. The topological polar surface area (TPSA) is 42.0 Å². The Labute approximate surface area is 174 Å². The van der Waals surface area contributed by atoms with Gasteiger partial charge in [-0.05, 0) is 50.9 Å². The summed E-state index contributed by atoms with van der Waals surface area (Å²) in [6, 6.07) is 6.93. The normalized spacial score (nSPS) is 30.0. The first-order valence-corrected chi connectivity index (χ1v) is 13.2. The van der Waals surface area contributed by atoms with Crippen molar-refractivity contribution in [2.24, 2.45) is 0 Å². The van der Waals surface area contributed by atoms with Crippen LogP contribution in [0.3, 0.4) is 0 Å². The second-order valence-corrected chi connectivity index (χ2v) is 15.1. The first-order chi connectivity index (χ1) is 13.4. The van der Waals surface area contributed by atoms with Gasteiger partial charge in [-0.15, -0.1) is 0 Å². The Balaban J connectivity index is 1.43. The molecule has 3 aliphatic rings. The largest absolute Gasteiger partial charge is 0.444 e. The van der Waals surface area contributed by atoms with Crippen molar-refractivity contribution >= 4 is 20.1 Å². The third-order valence-electron chi connectivity index (χ3n) is 6.87. The molecular formula is C22H33FN2O3Si. The molecule has 1 amide bonds. The van der Waals surface area contributed by atoms with Crippen LogP contribution in [0.4, 0.5) is 14.9 Å². The molecule has 4 rings (SSSR count). The number of nitrogens with zero attached hydrogens (tertiary/aromatic N) is 2. The van der Waals surface area contributed by atoms with Crippen LogP contribution in [0.2, 0.25) is 17.6 Å². The molecule has 3 saturated heterocycles. The van der Waals surface area contributed by atoms with Crippen molar-refractivity contribution in [3.63, 3.8) is 0 Å². The molecule has 3 atom stereocenters. The lowest BCUT2D eigenvalue weighted by Gasteiger charge is -2.36. The van der Waals surface area contributed by atoms with Gasteiger partial charge in [-0.3, -0.25) is 0 Å². The van der Waals surface area contributed by atoms with Gasteiger partial charge in [0, 0.05) is 24.7 Å². The number of hydrogen-bond acceptors (Lipinski definition) is 4. The number of carbonyl (C=O) groups is 1. The fourth-order valence-electron chi connectivity index (χ4n) is 4.69. The maximum atomic E-state index is 15.3. The third kappa shape index (κ3) is 3.79. The molecule has 0 N–H and O–H groups in total. The molecule has 3 fully saturated rings. The minimum atomic E-state index is -1.68. The van der Waals surface area contributed by atoms with Crippen LogP contribution in [0.25, 0.3) is 0 Å². The monoisotopic (exact) mass is 420 g/mol. The van der Waals surface area contributed by atoms with Gasteiger partial charge in [-0.2, -0.15) is 0 Å². The summed E-state index contributed by atoms with van der Waals surface area (Å²) in [5, 5.41) is 0.292. The second-order valence-electron chi connectivity index (χ2n) is 10.7. The maximum absolute atomic E-state index is 15.3. The number of benzene rings is 1. The first-order valence-electron chi connectivity index (χ1n) is 10.6. The average Bonchev–Trinajstić information content (AvgIpc) is 2.98. The number of likely N-dealkylation sites (tertiary alicyclic amines) is 1. The lowest BCUT2D eigenvalue weighted by Crippen LogP contribution is -2.50. The van der Waals surface area contributed by atoms with Crippen LogP contribution in [0.5, 0.6) is 0 Å². The minimum absolute atomic E-state index is 0.0766. The number of fused-ring (bicyclic) bond motifs is 2. The predicted molar refractivity (Wildman–Crippen MR) is 114 cm³/mol. The van der Waals surface area contributed by atoms with Crippen molar-refractivity contribution < 1.29 is 18.3 Å². The van der Waals surface area contributed by atoms with Crippen LogP contribution in [0.15, 0.2) is 18.2 Å². The van der Waals surface area contributed by atoms with Gasteiger partial charge >= 0.3 is 6.09 Å². The van der Waals surface area contributed by atoms with Crippen LogP contribution in [-0.4, -0.2) is 50.1 Å². The van der Waals surface area contributed by atoms with Gasteiger partial charge in [-0.25, -0.2) is 9.18 Å². The molecular weight excluding hydrogens is 387 g/mol. The number of carbonyl (C=O) groups excluding carboxylic acids is 1. The molecule has 3 heterocycles. The maximum Gasteiger partial charge on any atom is 0.410 e. The zero-order valence-corrected chi connectivity index (χ0v) is 19.4. The molecule has 29 heavy (non-hydrogen) atoms. The number of anilines is 1. The number of amides is 1. The molecule has 1 unspecified atom stereocenters. The van der Waals surface area contributed by atoms with Gasteiger partial charge in [0.05, 0.1) is 18.3 Å². The van der Waals surface area contributed by atoms with Gasteiger partial charge < -0.3 is 19.0 Å². The molecule has 0 spiro atoms. The minimum Gasteiger partial charge on any atom is -0.444 e. The summed E-state index contributed by atoms with van der Waals surface area (Å²) in [6.07, 6.45) is 0.594. The standard InChI is InChI=1S/C22H33FN2O3Si/c1-21(2,3)28-20(26)25-12-16-10-17(25)11-24(16)18-9-7-8-15(19(18)23)13-27-29(6)14-22(29,4)5/h7-9,16-17H,10-14H2,1-6H3/t16-,17-,29?/m0/s1. The van der Waals surface area contributed by atoms with Crippen molar-refractivity contribution in [1.29, 1.82) is 0 Å². The molecule has 0 saturated carbocycles. The highest BCUT2D eigenvalue weighted by Gasteiger charge is 2.62. The Morgan fingerprint density at radius 1 is 1.28 bits per heavy atom. The van der Waals surface area contributed by atoms with E-state index >= 15 is 4.39 Å². The Morgan fingerprint density at radius 3 is 2.52 bits per heavy atom. The molecule has 0 radical (unpaired) electrons. The number of halogens is 1. The van der Waals surface area contributed by atoms with E-state index in [0.717, 1.165) is 12.5 Å². The van der Waals surface area contributed by atoms with E-state index in [-0.39, 0.29) is 24.0 Å². The summed E-state index contributed by atoms with van der Waals surface area (Å²) in [5.74, 6) is -0.181. The lowest BCUT2D eigenvalue weighted by molar-refractivity contribution is 0.0214. The predicted octanol–water partition coefficient (Wildman–Crippen LogP) is 4.91. The van der Waals surface area contributed by atoms with Gasteiger partial charge in [0.15, 0.2) is 14.1 Å². The Morgan fingerprint density at radius 2 is 1.97 bits per heavy atom. The third-order valence-corrected chi connectivity index (χ3v) is 11.8. The van der Waals surface area contributed by atoms with Crippen LogP contribution in [-0.2, 0) is 15.8 Å². The van der Waals surface area contributed by atoms with E-state index in [2.05, 4.69) is 25.3 Å². The number of piperazine rings is 1. The number of hydrogen-bond donors (Lipinski definition) is 0. The SMILES string of the molecule is CC(C)(C)OC(=O)N1C[C@@H]2C[C@H]1CN2c1cccc(CO[Si]2(C)CC2(C)C)c1F. The van der Waals surface area contributed by atoms with Crippen molar-refractivity contribution in [1.82, 2.24) is 4.90 Å². The van der Waals surface area contributed by atoms with Crippen molar-refractivity contribution in [2.75, 3.05) is 18.0 Å². The van der Waals surface area contributed by atoms with Crippen LogP contribution in [0.1, 0.15) is 46.6 Å². The zero-order valence-electron chi connectivity index (χ0n) is 18.4. The molecule has 0 aliphatic carbocycles. The van der Waals surface area contributed by atoms with E-state index in [9.17, 15) is 4.79 Å². The second kappa shape index (κ2) is 6.70. The Hall–Kier alpha value is -1.60. The highest BCUT2D eigenvalue weighted by Crippen LogP contribution is 2.62. The van der Waals surface area contributed by atoms with Crippen molar-refractivity contribution in [2.45, 2.75) is 83.0 Å². The summed E-state index contributed by atoms with van der Waals surface area (Å²) >= 11 is 0. The Bertz CT molecular complexity index is 825. The Kier molecular flexibility index (Phi) is 4.78. The summed E-state index contributed by atoms with van der Waals surface area (Å²) < 4.78 is 27.0. The smallest absolute Gasteiger partial charge is 0.410 e. The summed E-state index contributed by atoms with van der Waals surface area (Å²) in [6.45, 7) is 13.9. The average molecular weight is 421 g/mol. The fourth-order valence-corrected chi connectivity index (χ4v) is 8.00. The lowest BCUT2D eigenvalue weighted by atomic mass is 10.1. The molecule has 3 aliphatic heterocycles. The molecule has 7 heteroatoms. The van der Waals surface area contributed by atoms with E-state index < -0.39 is 13.9 Å². The van der Waals surface area contributed by atoms with Crippen LogP contribution < -0.4 is 4.90 Å². The molecule has 1 aromatic rings. The molecule has 5 nitrogen and oxygen atoms in total. The quantitative estimate of drug-likeness (QED) is 0.649. The summed E-state index contributed by atoms with van der Waals surface area (Å²) in [7, 11) is -1.68.